The SMILES string of the molecule is CSCCC(C)N(C)Cc1cccc2c1OCCN2. The minimum absolute atomic E-state index is 0.597. The summed E-state index contributed by atoms with van der Waals surface area (Å²) in [5.74, 6) is 2.26. The molecule has 1 heterocycles. The van der Waals surface area contributed by atoms with Crippen molar-refractivity contribution >= 4 is 17.4 Å². The topological polar surface area (TPSA) is 24.5 Å². The van der Waals surface area contributed by atoms with Gasteiger partial charge in [-0.25, -0.2) is 0 Å². The molecular formula is C15H24N2OS. The number of hydrogen-bond donors (Lipinski definition) is 1. The molecular weight excluding hydrogens is 256 g/mol. The molecule has 1 aromatic carbocycles. The Morgan fingerprint density at radius 3 is 3.11 bits per heavy atom. The summed E-state index contributed by atoms with van der Waals surface area (Å²) in [6, 6.07) is 6.97. The zero-order valence-corrected chi connectivity index (χ0v) is 12.9. The van der Waals surface area contributed by atoms with Gasteiger partial charge in [0.15, 0.2) is 0 Å². The van der Waals surface area contributed by atoms with E-state index >= 15 is 0 Å². The Bertz CT molecular complexity index is 411. The summed E-state index contributed by atoms with van der Waals surface area (Å²) in [5.41, 5.74) is 2.41. The first-order valence-corrected chi connectivity index (χ1v) is 8.29. The number of ether oxygens (including phenoxy) is 1. The summed E-state index contributed by atoms with van der Waals surface area (Å²) in [7, 11) is 2.20. The Hall–Kier alpha value is -0.870. The Kier molecular flexibility index (Phi) is 5.40. The molecule has 3 nitrogen and oxygen atoms in total. The molecule has 0 aromatic heterocycles. The highest BCUT2D eigenvalue weighted by Gasteiger charge is 2.16. The molecule has 4 heteroatoms. The lowest BCUT2D eigenvalue weighted by atomic mass is 10.1. The van der Waals surface area contributed by atoms with E-state index in [0.29, 0.717) is 6.04 Å². The zero-order chi connectivity index (χ0) is 13.7. The fourth-order valence-corrected chi connectivity index (χ4v) is 2.87. The van der Waals surface area contributed by atoms with Gasteiger partial charge in [-0.05, 0) is 38.5 Å². The second-order valence-electron chi connectivity index (χ2n) is 5.11. The normalized spacial score (nSPS) is 15.6. The molecule has 106 valence electrons. The summed E-state index contributed by atoms with van der Waals surface area (Å²) < 4.78 is 5.82. The van der Waals surface area contributed by atoms with Crippen LogP contribution in [0.4, 0.5) is 5.69 Å². The third-order valence-electron chi connectivity index (χ3n) is 3.67. The number of hydrogen-bond acceptors (Lipinski definition) is 4. The molecule has 1 atom stereocenters. The van der Waals surface area contributed by atoms with Gasteiger partial charge in [-0.15, -0.1) is 0 Å². The van der Waals surface area contributed by atoms with E-state index in [1.165, 1.54) is 17.7 Å². The van der Waals surface area contributed by atoms with Crippen molar-refractivity contribution in [2.75, 3.05) is 37.5 Å². The van der Waals surface area contributed by atoms with Crippen LogP contribution in [0, 0.1) is 0 Å². The number of rotatable bonds is 6. The van der Waals surface area contributed by atoms with Gasteiger partial charge in [0.1, 0.15) is 12.4 Å². The molecule has 19 heavy (non-hydrogen) atoms. The molecule has 0 amide bonds. The van der Waals surface area contributed by atoms with E-state index in [1.807, 2.05) is 11.8 Å². The summed E-state index contributed by atoms with van der Waals surface area (Å²) in [4.78, 5) is 2.41. The van der Waals surface area contributed by atoms with Crippen molar-refractivity contribution in [3.05, 3.63) is 23.8 Å². The lowest BCUT2D eigenvalue weighted by Crippen LogP contribution is -2.29. The molecule has 1 unspecified atom stereocenters. The summed E-state index contributed by atoms with van der Waals surface area (Å²) in [6.45, 7) is 4.90. The van der Waals surface area contributed by atoms with E-state index in [1.54, 1.807) is 0 Å². The smallest absolute Gasteiger partial charge is 0.146 e. The van der Waals surface area contributed by atoms with E-state index in [-0.39, 0.29) is 0 Å². The van der Waals surface area contributed by atoms with E-state index in [4.69, 9.17) is 4.74 Å². The molecule has 1 N–H and O–H groups in total. The Morgan fingerprint density at radius 1 is 1.47 bits per heavy atom. The van der Waals surface area contributed by atoms with Crippen molar-refractivity contribution in [1.29, 1.82) is 0 Å². The second-order valence-corrected chi connectivity index (χ2v) is 6.10. The molecule has 0 saturated carbocycles. The predicted molar refractivity (Wildman–Crippen MR) is 84.4 cm³/mol. The standard InChI is InChI=1S/C15H24N2OS/c1-12(7-10-19-3)17(2)11-13-5-4-6-14-15(13)18-9-8-16-14/h4-6,12,16H,7-11H2,1-3H3. The third kappa shape index (κ3) is 3.80. The maximum Gasteiger partial charge on any atom is 0.146 e. The van der Waals surface area contributed by atoms with Crippen LogP contribution in [0.15, 0.2) is 18.2 Å². The van der Waals surface area contributed by atoms with E-state index in [0.717, 1.165) is 31.1 Å². The lowest BCUT2D eigenvalue weighted by Gasteiger charge is -2.27. The first kappa shape index (κ1) is 14.5. The number of nitrogens with zero attached hydrogens (tertiary/aromatic N) is 1. The van der Waals surface area contributed by atoms with Crippen LogP contribution in [-0.4, -0.2) is 43.1 Å². The maximum atomic E-state index is 5.82. The van der Waals surface area contributed by atoms with E-state index < -0.39 is 0 Å². The Morgan fingerprint density at radius 2 is 2.32 bits per heavy atom. The molecule has 1 aliphatic rings. The monoisotopic (exact) mass is 280 g/mol. The number of fused-ring (bicyclic) bond motifs is 1. The molecule has 0 radical (unpaired) electrons. The highest BCUT2D eigenvalue weighted by molar-refractivity contribution is 7.98. The number of para-hydroxylation sites is 1. The van der Waals surface area contributed by atoms with Crippen molar-refractivity contribution < 1.29 is 4.74 Å². The van der Waals surface area contributed by atoms with Gasteiger partial charge < -0.3 is 10.1 Å². The van der Waals surface area contributed by atoms with Gasteiger partial charge >= 0.3 is 0 Å². The predicted octanol–water partition coefficient (Wildman–Crippen LogP) is 3.06. The van der Waals surface area contributed by atoms with Crippen LogP contribution in [0.5, 0.6) is 5.75 Å². The lowest BCUT2D eigenvalue weighted by molar-refractivity contribution is 0.238. The molecule has 0 aliphatic carbocycles. The average molecular weight is 280 g/mol. The van der Waals surface area contributed by atoms with Crippen LogP contribution in [0.2, 0.25) is 0 Å². The largest absolute Gasteiger partial charge is 0.489 e. The van der Waals surface area contributed by atoms with Gasteiger partial charge in [0.2, 0.25) is 0 Å². The van der Waals surface area contributed by atoms with Gasteiger partial charge in [-0.3, -0.25) is 4.90 Å². The van der Waals surface area contributed by atoms with Crippen molar-refractivity contribution in [3.8, 4) is 5.75 Å². The second kappa shape index (κ2) is 7.06. The average Bonchev–Trinajstić information content (AvgIpc) is 2.45. The molecule has 0 spiro atoms. The van der Waals surface area contributed by atoms with Crippen molar-refractivity contribution in [1.82, 2.24) is 4.90 Å². The summed E-state index contributed by atoms with van der Waals surface area (Å²) in [5, 5.41) is 3.39. The molecule has 0 saturated heterocycles. The van der Waals surface area contributed by atoms with Gasteiger partial charge in [0.25, 0.3) is 0 Å². The molecule has 1 aromatic rings. The molecule has 0 bridgehead atoms. The number of nitrogens with one attached hydrogen (secondary N) is 1. The highest BCUT2D eigenvalue weighted by Crippen LogP contribution is 2.32. The van der Waals surface area contributed by atoms with Crippen LogP contribution in [-0.2, 0) is 6.54 Å². The maximum absolute atomic E-state index is 5.82. The Balaban J connectivity index is 2.02. The molecule has 1 aliphatic heterocycles. The minimum atomic E-state index is 0.597. The first-order chi connectivity index (χ1) is 9.22. The number of benzene rings is 1. The van der Waals surface area contributed by atoms with Crippen LogP contribution in [0.25, 0.3) is 0 Å². The van der Waals surface area contributed by atoms with E-state index in [2.05, 4.69) is 48.6 Å². The van der Waals surface area contributed by atoms with Gasteiger partial charge in [0, 0.05) is 24.7 Å². The summed E-state index contributed by atoms with van der Waals surface area (Å²) in [6.07, 6.45) is 3.39. The summed E-state index contributed by atoms with van der Waals surface area (Å²) >= 11 is 1.92. The van der Waals surface area contributed by atoms with Crippen molar-refractivity contribution in [2.45, 2.75) is 25.9 Å². The highest BCUT2D eigenvalue weighted by atomic mass is 32.2. The number of thioether (sulfide) groups is 1. The van der Waals surface area contributed by atoms with Crippen molar-refractivity contribution in [3.63, 3.8) is 0 Å². The quantitative estimate of drug-likeness (QED) is 0.865. The molecule has 0 fully saturated rings. The first-order valence-electron chi connectivity index (χ1n) is 6.90. The molecule has 2 rings (SSSR count). The van der Waals surface area contributed by atoms with Gasteiger partial charge in [0.05, 0.1) is 5.69 Å². The third-order valence-corrected chi connectivity index (χ3v) is 4.32. The van der Waals surface area contributed by atoms with Crippen molar-refractivity contribution in [2.24, 2.45) is 0 Å². The number of anilines is 1. The fourth-order valence-electron chi connectivity index (χ4n) is 2.29. The van der Waals surface area contributed by atoms with Crippen LogP contribution in [0.1, 0.15) is 18.9 Å². The zero-order valence-electron chi connectivity index (χ0n) is 12.1. The van der Waals surface area contributed by atoms with Crippen LogP contribution >= 0.6 is 11.8 Å². The van der Waals surface area contributed by atoms with Crippen LogP contribution < -0.4 is 10.1 Å². The minimum Gasteiger partial charge on any atom is -0.489 e. The van der Waals surface area contributed by atoms with Crippen LogP contribution in [0.3, 0.4) is 0 Å². The fraction of sp³-hybridized carbons (Fsp3) is 0.600. The van der Waals surface area contributed by atoms with E-state index in [9.17, 15) is 0 Å². The van der Waals surface area contributed by atoms with Gasteiger partial charge in [-0.2, -0.15) is 11.8 Å². The van der Waals surface area contributed by atoms with Gasteiger partial charge in [-0.1, -0.05) is 12.1 Å². The Labute approximate surface area is 120 Å².